The zero-order valence-electron chi connectivity index (χ0n) is 20.9. The van der Waals surface area contributed by atoms with Crippen LogP contribution in [0.4, 0.5) is 0 Å². The van der Waals surface area contributed by atoms with Gasteiger partial charge >= 0.3 is 0 Å². The maximum Gasteiger partial charge on any atom is 0.116 e. The van der Waals surface area contributed by atoms with E-state index in [1.165, 1.54) is 44.9 Å². The molecule has 2 aromatic rings. The van der Waals surface area contributed by atoms with E-state index >= 15 is 0 Å². The number of hydrogen-bond acceptors (Lipinski definition) is 4. The molecule has 0 bridgehead atoms. The molecular weight excluding hydrogens is 424 g/mol. The molecule has 34 heavy (non-hydrogen) atoms. The Morgan fingerprint density at radius 2 is 1.26 bits per heavy atom. The molecule has 2 rings (SSSR count). The summed E-state index contributed by atoms with van der Waals surface area (Å²) in [5, 5.41) is 20.2. The molecule has 4 heteroatoms. The molecule has 2 N–H and O–H groups in total. The van der Waals surface area contributed by atoms with Crippen molar-refractivity contribution >= 4 is 0 Å². The highest BCUT2D eigenvalue weighted by molar-refractivity contribution is 5.14. The molecule has 4 nitrogen and oxygen atoms in total. The van der Waals surface area contributed by atoms with Gasteiger partial charge in [-0.3, -0.25) is 0 Å². The van der Waals surface area contributed by atoms with Crippen molar-refractivity contribution < 1.29 is 19.7 Å². The second kappa shape index (κ2) is 18.4. The van der Waals surface area contributed by atoms with E-state index in [0.717, 1.165) is 24.0 Å². The van der Waals surface area contributed by atoms with E-state index in [9.17, 15) is 10.2 Å². The van der Waals surface area contributed by atoms with Crippen LogP contribution in [0.25, 0.3) is 0 Å². The van der Waals surface area contributed by atoms with Crippen molar-refractivity contribution in [3.8, 4) is 0 Å². The van der Waals surface area contributed by atoms with E-state index in [1.807, 2.05) is 66.7 Å². The fraction of sp³-hybridized carbons (Fsp3) is 0.533. The normalized spacial score (nSPS) is 14.3. The number of ether oxygens (including phenoxy) is 2. The van der Waals surface area contributed by atoms with Crippen LogP contribution in [0.1, 0.15) is 75.8 Å². The molecule has 0 spiro atoms. The Kier molecular flexibility index (Phi) is 15.3. The molecule has 0 amide bonds. The van der Waals surface area contributed by atoms with Crippen LogP contribution >= 0.6 is 0 Å². The highest BCUT2D eigenvalue weighted by Gasteiger charge is 2.28. The average molecular weight is 469 g/mol. The third-order valence-electron chi connectivity index (χ3n) is 6.01. The van der Waals surface area contributed by atoms with Crippen molar-refractivity contribution in [2.45, 2.75) is 96.2 Å². The molecule has 0 saturated heterocycles. The van der Waals surface area contributed by atoms with E-state index < -0.39 is 18.3 Å². The first-order valence-electron chi connectivity index (χ1n) is 13.0. The molecular formula is C30H44O4. The van der Waals surface area contributed by atoms with E-state index in [-0.39, 0.29) is 6.61 Å². The zero-order valence-corrected chi connectivity index (χ0v) is 20.9. The minimum Gasteiger partial charge on any atom is -0.394 e. The lowest BCUT2D eigenvalue weighted by Crippen LogP contribution is -2.42. The lowest BCUT2D eigenvalue weighted by atomic mass is 10.0. The van der Waals surface area contributed by atoms with Crippen LogP contribution in [-0.4, -0.2) is 35.1 Å². The van der Waals surface area contributed by atoms with Crippen LogP contribution in [0.15, 0.2) is 72.8 Å². The predicted octanol–water partition coefficient (Wildman–Crippen LogP) is 6.60. The Balaban J connectivity index is 1.92. The van der Waals surface area contributed by atoms with Crippen molar-refractivity contribution in [2.24, 2.45) is 0 Å². The summed E-state index contributed by atoms with van der Waals surface area (Å²) in [6.07, 6.45) is 13.3. The van der Waals surface area contributed by atoms with Crippen molar-refractivity contribution in [1.29, 1.82) is 0 Å². The van der Waals surface area contributed by atoms with Gasteiger partial charge in [-0.2, -0.15) is 0 Å². The molecule has 0 aliphatic carbocycles. The Morgan fingerprint density at radius 1 is 0.735 bits per heavy atom. The molecule has 0 unspecified atom stereocenters. The minimum absolute atomic E-state index is 0.347. The van der Waals surface area contributed by atoms with Crippen LogP contribution in [0.3, 0.4) is 0 Å². The maximum atomic E-state index is 10.5. The van der Waals surface area contributed by atoms with Crippen molar-refractivity contribution in [1.82, 2.24) is 0 Å². The summed E-state index contributed by atoms with van der Waals surface area (Å²) >= 11 is 0. The number of hydrogen-bond donors (Lipinski definition) is 2. The number of aliphatic hydroxyl groups excluding tert-OH is 2. The van der Waals surface area contributed by atoms with Crippen LogP contribution in [0, 0.1) is 0 Å². The lowest BCUT2D eigenvalue weighted by molar-refractivity contribution is -0.126. The molecule has 2 aromatic carbocycles. The second-order valence-corrected chi connectivity index (χ2v) is 8.96. The second-order valence-electron chi connectivity index (χ2n) is 8.96. The van der Waals surface area contributed by atoms with Gasteiger partial charge in [-0.25, -0.2) is 0 Å². The predicted molar refractivity (Wildman–Crippen MR) is 139 cm³/mol. The topological polar surface area (TPSA) is 58.9 Å². The Morgan fingerprint density at radius 3 is 1.82 bits per heavy atom. The third kappa shape index (κ3) is 11.9. The highest BCUT2D eigenvalue weighted by Crippen LogP contribution is 2.17. The maximum absolute atomic E-state index is 10.5. The van der Waals surface area contributed by atoms with E-state index in [4.69, 9.17) is 9.47 Å². The fourth-order valence-electron chi connectivity index (χ4n) is 3.95. The van der Waals surface area contributed by atoms with Gasteiger partial charge in [0, 0.05) is 0 Å². The first-order chi connectivity index (χ1) is 16.7. The molecule has 0 heterocycles. The third-order valence-corrected chi connectivity index (χ3v) is 6.01. The Bertz CT molecular complexity index is 747. The number of rotatable bonds is 19. The monoisotopic (exact) mass is 468 g/mol. The molecule has 0 aliphatic heterocycles. The van der Waals surface area contributed by atoms with Gasteiger partial charge in [-0.1, -0.05) is 125 Å². The van der Waals surface area contributed by atoms with Gasteiger partial charge in [0.05, 0.1) is 19.8 Å². The molecule has 0 fully saturated rings. The molecule has 0 saturated carbocycles. The van der Waals surface area contributed by atoms with E-state index in [1.54, 1.807) is 0 Å². The highest BCUT2D eigenvalue weighted by atomic mass is 16.5. The quantitative estimate of drug-likeness (QED) is 0.180. The first-order valence-corrected chi connectivity index (χ1v) is 13.0. The summed E-state index contributed by atoms with van der Waals surface area (Å²) < 4.78 is 12.3. The Hall–Kier alpha value is -1.98. The number of benzene rings is 2. The molecule has 0 radical (unpaired) electrons. The fourth-order valence-corrected chi connectivity index (χ4v) is 3.95. The van der Waals surface area contributed by atoms with Gasteiger partial charge in [0.1, 0.15) is 18.3 Å². The molecule has 0 aromatic heterocycles. The number of unbranched alkanes of at least 4 members (excludes halogenated alkanes) is 8. The van der Waals surface area contributed by atoms with E-state index in [2.05, 4.69) is 13.0 Å². The van der Waals surface area contributed by atoms with Crippen molar-refractivity contribution in [3.63, 3.8) is 0 Å². The Labute approximate surface area is 206 Å². The molecule has 3 atom stereocenters. The lowest BCUT2D eigenvalue weighted by Gasteiger charge is -2.29. The smallest absolute Gasteiger partial charge is 0.116 e. The summed E-state index contributed by atoms with van der Waals surface area (Å²) in [5.41, 5.74) is 2.08. The van der Waals surface area contributed by atoms with Crippen LogP contribution < -0.4 is 0 Å². The van der Waals surface area contributed by atoms with Gasteiger partial charge in [0.2, 0.25) is 0 Å². The summed E-state index contributed by atoms with van der Waals surface area (Å²) in [5.74, 6) is 0. The number of aliphatic hydroxyl groups is 2. The summed E-state index contributed by atoms with van der Waals surface area (Å²) in [7, 11) is 0. The van der Waals surface area contributed by atoms with Crippen molar-refractivity contribution in [3.05, 3.63) is 83.9 Å². The largest absolute Gasteiger partial charge is 0.394 e. The van der Waals surface area contributed by atoms with Crippen LogP contribution in [0.5, 0.6) is 0 Å². The average Bonchev–Trinajstić information content (AvgIpc) is 2.88. The van der Waals surface area contributed by atoms with Crippen LogP contribution in [0.2, 0.25) is 0 Å². The van der Waals surface area contributed by atoms with Gasteiger partial charge in [0.25, 0.3) is 0 Å². The zero-order chi connectivity index (χ0) is 24.3. The summed E-state index contributed by atoms with van der Waals surface area (Å²) in [4.78, 5) is 0. The first kappa shape index (κ1) is 28.3. The SMILES string of the molecule is CCCCCCCCCC/C=C/[C@@H](OCc1ccccc1)[C@H](OCc1ccccc1)[C@H](O)CO. The van der Waals surface area contributed by atoms with Gasteiger partial charge in [-0.15, -0.1) is 0 Å². The number of allylic oxidation sites excluding steroid dienone is 1. The summed E-state index contributed by atoms with van der Waals surface area (Å²) in [6.45, 7) is 2.63. The minimum atomic E-state index is -1.03. The van der Waals surface area contributed by atoms with Gasteiger partial charge in [0.15, 0.2) is 0 Å². The van der Waals surface area contributed by atoms with Crippen molar-refractivity contribution in [2.75, 3.05) is 6.61 Å². The van der Waals surface area contributed by atoms with Crippen LogP contribution in [-0.2, 0) is 22.7 Å². The van der Waals surface area contributed by atoms with Gasteiger partial charge < -0.3 is 19.7 Å². The van der Waals surface area contributed by atoms with Gasteiger partial charge in [-0.05, 0) is 24.0 Å². The van der Waals surface area contributed by atoms with E-state index in [0.29, 0.717) is 13.2 Å². The molecule has 188 valence electrons. The standard InChI is InChI=1S/C30H44O4/c1-2-3-4-5-6-7-8-9-10-17-22-29(33-24-26-18-13-11-14-19-26)30(28(32)23-31)34-25-27-20-15-12-16-21-27/h11-22,28-32H,2-10,23-25H2,1H3/b22-17+/t28-,29-,30-/m1/s1. The summed E-state index contributed by atoms with van der Waals surface area (Å²) in [6, 6.07) is 19.8. The molecule has 0 aliphatic rings.